The predicted octanol–water partition coefficient (Wildman–Crippen LogP) is 13.0. The van der Waals surface area contributed by atoms with Crippen LogP contribution in [0.4, 0.5) is 27.1 Å². The van der Waals surface area contributed by atoms with E-state index in [-0.39, 0.29) is 80.5 Å². The number of nitrogens with one attached hydrogen (secondary N) is 6. The lowest BCUT2D eigenvalue weighted by Crippen LogP contribution is -2.62. The van der Waals surface area contributed by atoms with Crippen LogP contribution in [0.15, 0.2) is 208 Å². The van der Waals surface area contributed by atoms with Crippen molar-refractivity contribution >= 4 is 98.2 Å². The summed E-state index contributed by atoms with van der Waals surface area (Å²) in [6.07, 6.45) is 9.61. The van der Waals surface area contributed by atoms with Gasteiger partial charge in [-0.3, -0.25) is 33.2 Å². The predicted molar refractivity (Wildman–Crippen MR) is 471 cm³/mol. The van der Waals surface area contributed by atoms with E-state index in [1.54, 1.807) is 40.3 Å². The van der Waals surface area contributed by atoms with E-state index in [9.17, 15) is 28.8 Å². The summed E-state index contributed by atoms with van der Waals surface area (Å²) in [7, 11) is 0.00158. The number of aromatic nitrogens is 1. The second-order valence-corrected chi connectivity index (χ2v) is 34.0. The van der Waals surface area contributed by atoms with Gasteiger partial charge in [0.1, 0.15) is 35.7 Å². The number of carbonyl (C=O) groups excluding carboxylic acids is 6. The molecule has 5 aliphatic heterocycles. The highest BCUT2D eigenvalue weighted by Crippen LogP contribution is 2.45. The van der Waals surface area contributed by atoms with Gasteiger partial charge in [-0.1, -0.05) is 87.2 Å². The third-order valence-corrected chi connectivity index (χ3v) is 26.6. The largest absolute Gasteiger partial charge is 0.846 e. The number of unbranched alkanes of at least 4 members (excludes halogenated alkanes) is 3. The molecule has 26 heteroatoms. The minimum absolute atomic E-state index is 0.0798. The number of amides is 6. The zero-order valence-corrected chi connectivity index (χ0v) is 70.5. The topological polar surface area (TPSA) is 255 Å². The van der Waals surface area contributed by atoms with Gasteiger partial charge in [0.15, 0.2) is 11.4 Å². The summed E-state index contributed by atoms with van der Waals surface area (Å²) in [5.41, 5.74) is 11.4. The van der Waals surface area contributed by atoms with Crippen LogP contribution in [0.25, 0.3) is 50.8 Å². The maximum absolute atomic E-state index is 16.6. The standard InChI is InChI=1S/C94H109BFN13O10S/c1-7-105-58-60-106(61-59-105)72-36-32-68(33-37-72)91(113)102-94(50-20-11-21-51-94)93(115)101-81(92(114)100-55-54-98-87(110)31-16-10-22-52-97-88(111)47-45-77-65(2)83-62-75-40-46-82(67-34-41-76(118-6)42-35-67)109(75)95(96)108(83)66(77)3)29-19-23-53-99-90(112)69-48-56-107(57-49-69)120(116,117)86-30-18-17-28-80(86)89-78-43-38-73(103(4)70-24-12-8-13-25-70)63-84(78)119-85-64-74(39-44-79(85)89)104(5)71-26-14-9-15-27-71/h8-9,12-15,17-18,24-28,30,32-44,46,62-64,69,81H,7,10-11,16,19-23,29,31,45,47-61H2,1-6H3,(H4-2,97,98,99,100,101,102,110,111,112,113,114,115)/p+2/t81-/m0/s1. The SMILES string of the molecule is CCN1CCN(c2ccc(C(=O)NC3(C(=O)N[C@@H](CCCCNC(=O)C4CCN(S(=O)(=O)c5ccccc5-c5c6ccc(=[N+](C)c7ccccc7)cc-6oc6cc(N(C)c7ccccc7)ccc56)CC4)C(=O)NCCNC(=O)CCCCCNC(=O)CCC4=C(C)C5=Cc6ccc(-c7ccc(OC)cc7)n6B(F)[N+]5=C4C)CCCCC3)cc2)CC1. The molecule has 14 rings (SSSR count). The quantitative estimate of drug-likeness (QED) is 0.00970. The molecule has 3 fully saturated rings. The van der Waals surface area contributed by atoms with Crippen LogP contribution in [0, 0.1) is 5.92 Å². The number of para-hydroxylation sites is 2. The van der Waals surface area contributed by atoms with E-state index in [0.29, 0.717) is 106 Å². The molecule has 6 heterocycles. The van der Waals surface area contributed by atoms with Crippen LogP contribution < -0.4 is 56.4 Å². The second kappa shape index (κ2) is 38.7. The molecular weight excluding hydrogens is 1530 g/mol. The molecule has 2 saturated heterocycles. The number of benzene rings is 7. The summed E-state index contributed by atoms with van der Waals surface area (Å²) in [5, 5.41) is 19.8. The van der Waals surface area contributed by atoms with Crippen molar-refractivity contribution in [1.82, 2.24) is 50.2 Å². The first-order valence-corrected chi connectivity index (χ1v) is 44.0. The van der Waals surface area contributed by atoms with E-state index in [4.69, 9.17) is 9.15 Å². The lowest BCUT2D eigenvalue weighted by Gasteiger charge is -2.38. The highest BCUT2D eigenvalue weighted by molar-refractivity contribution is 7.89. The molecule has 7 aliphatic rings. The fraction of sp³-hybridized carbons (Fsp3) is 0.383. The fourth-order valence-corrected chi connectivity index (χ4v) is 19.2. The van der Waals surface area contributed by atoms with Crippen LogP contribution in [0.3, 0.4) is 0 Å². The van der Waals surface area contributed by atoms with Crippen molar-refractivity contribution in [2.45, 2.75) is 140 Å². The molecule has 6 N–H and O–H groups in total. The van der Waals surface area contributed by atoms with E-state index < -0.39 is 46.6 Å². The summed E-state index contributed by atoms with van der Waals surface area (Å²) in [6, 6.07) is 57.0. The Labute approximate surface area is 703 Å². The van der Waals surface area contributed by atoms with Gasteiger partial charge in [-0.05, 0) is 180 Å². The van der Waals surface area contributed by atoms with Crippen molar-refractivity contribution in [3.05, 3.63) is 215 Å². The van der Waals surface area contributed by atoms with Gasteiger partial charge in [0, 0.05) is 196 Å². The number of nitrogens with zero attached hydrogens (tertiary/aromatic N) is 7. The number of anilines is 3. The average molecular weight is 1640 g/mol. The minimum atomic E-state index is -4.13. The molecule has 0 unspecified atom stereocenters. The zero-order chi connectivity index (χ0) is 84.0. The number of likely N-dealkylation sites (N-methyl/N-ethyl adjacent to an activating group) is 1. The average Bonchev–Trinajstić information content (AvgIpc) is 0.823. The number of ether oxygens (including phenoxy) is 1. The van der Waals surface area contributed by atoms with Crippen LogP contribution in [0.2, 0.25) is 0 Å². The van der Waals surface area contributed by atoms with Crippen LogP contribution in [0.5, 0.6) is 5.75 Å². The normalized spacial score (nSPS) is 16.3. The number of allylic oxidation sites excluding steroid dienone is 2. The van der Waals surface area contributed by atoms with Crippen LogP contribution in [-0.2, 0) is 34.0 Å². The molecule has 23 nitrogen and oxygen atoms in total. The van der Waals surface area contributed by atoms with Gasteiger partial charge in [-0.15, -0.1) is 0 Å². The van der Waals surface area contributed by atoms with Crippen molar-refractivity contribution in [1.29, 1.82) is 0 Å². The smallest absolute Gasteiger partial charge is 0.497 e. The Balaban J connectivity index is 0.569. The van der Waals surface area contributed by atoms with Crippen molar-refractivity contribution in [2.24, 2.45) is 5.92 Å². The van der Waals surface area contributed by atoms with E-state index in [1.165, 1.54) is 4.31 Å². The summed E-state index contributed by atoms with van der Waals surface area (Å²) in [5.74, 6) is -0.931. The Hall–Kier alpha value is -11.5. The van der Waals surface area contributed by atoms with Crippen LogP contribution in [-0.4, -0.2) is 180 Å². The number of halogens is 1. The van der Waals surface area contributed by atoms with Gasteiger partial charge in [0.25, 0.3) is 5.91 Å². The van der Waals surface area contributed by atoms with Crippen LogP contribution in [0.1, 0.15) is 140 Å². The Morgan fingerprint density at radius 3 is 2.11 bits per heavy atom. The maximum atomic E-state index is 16.6. The highest BCUT2D eigenvalue weighted by atomic mass is 32.2. The number of hydrogen-bond donors (Lipinski definition) is 6. The Kier molecular flexibility index (Phi) is 27.4. The number of piperazine rings is 1. The molecule has 120 heavy (non-hydrogen) atoms. The monoisotopic (exact) mass is 1640 g/mol. The van der Waals surface area contributed by atoms with Gasteiger partial charge in [0.2, 0.25) is 50.6 Å². The summed E-state index contributed by atoms with van der Waals surface area (Å²) in [6.45, 7) is 11.9. The van der Waals surface area contributed by atoms with Crippen molar-refractivity contribution in [3.63, 3.8) is 0 Å². The van der Waals surface area contributed by atoms with E-state index >= 15 is 12.7 Å². The Morgan fingerprint density at radius 2 is 1.38 bits per heavy atom. The number of hydrogen-bond acceptors (Lipinski definition) is 13. The number of fused-ring (bicyclic) bond motifs is 4. The first-order chi connectivity index (χ1) is 58.2. The molecule has 1 atom stereocenters. The Bertz CT molecular complexity index is 5480. The third kappa shape index (κ3) is 19.2. The molecule has 2 aliphatic carbocycles. The number of piperidine rings is 1. The van der Waals surface area contributed by atoms with Gasteiger partial charge >= 0.3 is 7.26 Å². The second-order valence-electron chi connectivity index (χ2n) is 32.1. The molecule has 0 bridgehead atoms. The first-order valence-electron chi connectivity index (χ1n) is 42.6. The summed E-state index contributed by atoms with van der Waals surface area (Å²) >= 11 is 0. The lowest BCUT2D eigenvalue weighted by molar-refractivity contribution is -0.336. The van der Waals surface area contributed by atoms with E-state index in [0.717, 1.165) is 129 Å². The first kappa shape index (κ1) is 85.0. The van der Waals surface area contributed by atoms with Crippen LogP contribution >= 0.6 is 0 Å². The van der Waals surface area contributed by atoms with Gasteiger partial charge in [-0.25, -0.2) is 17.2 Å². The molecule has 626 valence electrons. The molecule has 1 saturated carbocycles. The van der Waals surface area contributed by atoms with Gasteiger partial charge in [0.05, 0.1) is 18.1 Å². The van der Waals surface area contributed by atoms with Crippen molar-refractivity contribution < 1.29 is 55.1 Å². The van der Waals surface area contributed by atoms with Gasteiger partial charge in [-0.2, -0.15) is 8.88 Å². The number of rotatable bonds is 33. The number of sulfonamides is 1. The number of methoxy groups -OCH3 is 1. The maximum Gasteiger partial charge on any atom is 0.846 e. The molecule has 6 amide bonds. The molecule has 7 aromatic rings. The fourth-order valence-electron chi connectivity index (χ4n) is 17.5. The van der Waals surface area contributed by atoms with E-state index in [1.807, 2.05) is 192 Å². The van der Waals surface area contributed by atoms with E-state index in [2.05, 4.69) is 58.1 Å². The summed E-state index contributed by atoms with van der Waals surface area (Å²) < 4.78 is 66.1. The Morgan fingerprint density at radius 1 is 0.692 bits per heavy atom. The van der Waals surface area contributed by atoms with Crippen molar-refractivity contribution in [3.8, 4) is 39.5 Å². The molecule has 1 aromatic heterocycles. The lowest BCUT2D eigenvalue weighted by atomic mass is 9.80. The summed E-state index contributed by atoms with van der Waals surface area (Å²) in [4.78, 5) is 90.7. The number of carbonyl (C=O) groups is 6. The molecule has 0 radical (unpaired) electrons. The molecular formula is C94H111BFN13O10S+2. The molecule has 6 aromatic carbocycles. The molecule has 0 spiro atoms. The zero-order valence-electron chi connectivity index (χ0n) is 69.7. The van der Waals surface area contributed by atoms with Gasteiger partial charge < -0.3 is 55.8 Å². The minimum Gasteiger partial charge on any atom is -0.497 e. The third-order valence-electron chi connectivity index (χ3n) is 24.7. The van der Waals surface area contributed by atoms with Crippen molar-refractivity contribution in [2.75, 3.05) is 103 Å². The highest BCUT2D eigenvalue weighted by Gasteiger charge is 2.51.